The lowest BCUT2D eigenvalue weighted by Crippen LogP contribution is -1.98. The van der Waals surface area contributed by atoms with Crippen molar-refractivity contribution in [3.05, 3.63) is 53.5 Å². The highest BCUT2D eigenvalue weighted by atomic mass is 19.1. The lowest BCUT2D eigenvalue weighted by Gasteiger charge is -2.06. The third-order valence-electron chi connectivity index (χ3n) is 2.31. The fraction of sp³-hybridized carbons (Fsp3) is 0.0769. The monoisotopic (exact) mass is 243 g/mol. The van der Waals surface area contributed by atoms with Gasteiger partial charge in [0.25, 0.3) is 0 Å². The van der Waals surface area contributed by atoms with Crippen LogP contribution in [0.1, 0.15) is 11.1 Å². The van der Waals surface area contributed by atoms with E-state index in [2.05, 4.69) is 4.98 Å². The van der Waals surface area contributed by atoms with Gasteiger partial charge < -0.3 is 10.5 Å². The van der Waals surface area contributed by atoms with Gasteiger partial charge in [0.05, 0.1) is 5.56 Å². The first kappa shape index (κ1) is 11.9. The average Bonchev–Trinajstić information content (AvgIpc) is 2.38. The van der Waals surface area contributed by atoms with Crippen molar-refractivity contribution in [1.82, 2.24) is 4.98 Å². The van der Waals surface area contributed by atoms with Crippen LogP contribution in [0.25, 0.3) is 0 Å². The van der Waals surface area contributed by atoms with Gasteiger partial charge in [-0.15, -0.1) is 0 Å². The van der Waals surface area contributed by atoms with E-state index in [0.717, 1.165) is 5.56 Å². The first-order chi connectivity index (χ1) is 8.69. The molecule has 0 unspecified atom stereocenters. The molecule has 0 atom stereocenters. The first-order valence-electron chi connectivity index (χ1n) is 5.22. The molecule has 0 radical (unpaired) electrons. The molecule has 1 aromatic heterocycles. The Morgan fingerprint density at radius 2 is 2.17 bits per heavy atom. The van der Waals surface area contributed by atoms with Crippen LogP contribution in [0.5, 0.6) is 5.75 Å². The number of pyridine rings is 1. The Morgan fingerprint density at radius 1 is 1.33 bits per heavy atom. The number of aromatic nitrogens is 1. The highest BCUT2D eigenvalue weighted by Gasteiger charge is 2.03. The summed E-state index contributed by atoms with van der Waals surface area (Å²) in [4.78, 5) is 3.92. The van der Waals surface area contributed by atoms with Crippen LogP contribution in [0.2, 0.25) is 0 Å². The van der Waals surface area contributed by atoms with E-state index in [9.17, 15) is 4.39 Å². The normalized spacial score (nSPS) is 9.78. The summed E-state index contributed by atoms with van der Waals surface area (Å²) in [7, 11) is 0. The summed E-state index contributed by atoms with van der Waals surface area (Å²) in [6.45, 7) is 0.263. The summed E-state index contributed by atoms with van der Waals surface area (Å²) < 4.78 is 18.7. The van der Waals surface area contributed by atoms with Gasteiger partial charge in [0, 0.05) is 17.8 Å². The van der Waals surface area contributed by atoms with E-state index in [1.54, 1.807) is 30.5 Å². The highest BCUT2D eigenvalue weighted by Crippen LogP contribution is 2.17. The minimum Gasteiger partial charge on any atom is -0.489 e. The van der Waals surface area contributed by atoms with Gasteiger partial charge in [-0.1, -0.05) is 6.07 Å². The van der Waals surface area contributed by atoms with Gasteiger partial charge >= 0.3 is 0 Å². The molecule has 0 aliphatic carbocycles. The van der Waals surface area contributed by atoms with E-state index >= 15 is 0 Å². The molecule has 0 fully saturated rings. The van der Waals surface area contributed by atoms with Crippen molar-refractivity contribution in [1.29, 1.82) is 5.26 Å². The molecule has 1 aromatic carbocycles. The van der Waals surface area contributed by atoms with Crippen molar-refractivity contribution < 1.29 is 9.13 Å². The number of hydrogen-bond donors (Lipinski definition) is 1. The number of halogens is 1. The molecular formula is C13H10FN3O. The molecule has 0 aliphatic rings. The quantitative estimate of drug-likeness (QED) is 0.897. The number of rotatable bonds is 3. The number of ether oxygens (including phenoxy) is 1. The molecule has 0 saturated carbocycles. The molecule has 2 rings (SSSR count). The molecule has 5 heteroatoms. The smallest absolute Gasteiger partial charge is 0.144 e. The zero-order chi connectivity index (χ0) is 13.0. The Labute approximate surface area is 103 Å². The Hall–Kier alpha value is -2.61. The zero-order valence-electron chi connectivity index (χ0n) is 9.43. The van der Waals surface area contributed by atoms with Crippen molar-refractivity contribution in [3.63, 3.8) is 0 Å². The number of nitriles is 1. The fourth-order valence-electron chi connectivity index (χ4n) is 1.36. The van der Waals surface area contributed by atoms with Crippen LogP contribution in [-0.4, -0.2) is 4.98 Å². The van der Waals surface area contributed by atoms with Crippen LogP contribution in [0, 0.1) is 17.1 Å². The van der Waals surface area contributed by atoms with Gasteiger partial charge in [-0.3, -0.25) is 0 Å². The van der Waals surface area contributed by atoms with Crippen molar-refractivity contribution in [3.8, 4) is 11.8 Å². The molecule has 90 valence electrons. The summed E-state index contributed by atoms with van der Waals surface area (Å²) in [6.07, 6.45) is 1.59. The third kappa shape index (κ3) is 2.74. The van der Waals surface area contributed by atoms with Crippen LogP contribution in [0.15, 0.2) is 36.5 Å². The summed E-state index contributed by atoms with van der Waals surface area (Å²) in [5.74, 6) is 0.205. The van der Waals surface area contributed by atoms with E-state index in [-0.39, 0.29) is 12.2 Å². The van der Waals surface area contributed by atoms with Gasteiger partial charge in [0.15, 0.2) is 0 Å². The molecule has 0 amide bonds. The van der Waals surface area contributed by atoms with Gasteiger partial charge in [0.1, 0.15) is 30.1 Å². The number of hydrogen-bond acceptors (Lipinski definition) is 4. The van der Waals surface area contributed by atoms with E-state index in [0.29, 0.717) is 11.6 Å². The summed E-state index contributed by atoms with van der Waals surface area (Å²) in [5, 5.41) is 8.59. The molecule has 0 spiro atoms. The largest absolute Gasteiger partial charge is 0.489 e. The van der Waals surface area contributed by atoms with Crippen LogP contribution >= 0.6 is 0 Å². The maximum absolute atomic E-state index is 13.3. The predicted molar refractivity (Wildman–Crippen MR) is 64.1 cm³/mol. The second kappa shape index (κ2) is 5.15. The standard InChI is InChI=1S/C13H10FN3O/c14-12-5-11(3-2-10(12)6-15)18-8-9-1-4-13(16)17-7-9/h1-5,7H,8H2,(H2,16,17). The Kier molecular flexibility index (Phi) is 3.39. The zero-order valence-corrected chi connectivity index (χ0v) is 9.43. The second-order valence-electron chi connectivity index (χ2n) is 3.63. The highest BCUT2D eigenvalue weighted by molar-refractivity contribution is 5.36. The lowest BCUT2D eigenvalue weighted by molar-refractivity contribution is 0.304. The summed E-state index contributed by atoms with van der Waals surface area (Å²) in [6, 6.07) is 9.31. The average molecular weight is 243 g/mol. The van der Waals surface area contributed by atoms with Crippen LogP contribution in [-0.2, 0) is 6.61 Å². The fourth-order valence-corrected chi connectivity index (χ4v) is 1.36. The van der Waals surface area contributed by atoms with Crippen molar-refractivity contribution >= 4 is 5.82 Å². The SMILES string of the molecule is N#Cc1ccc(OCc2ccc(N)nc2)cc1F. The topological polar surface area (TPSA) is 71.9 Å². The number of nitrogens with zero attached hydrogens (tertiary/aromatic N) is 2. The van der Waals surface area contributed by atoms with E-state index in [1.807, 2.05) is 0 Å². The van der Waals surface area contributed by atoms with Crippen molar-refractivity contribution in [2.75, 3.05) is 5.73 Å². The Bertz CT molecular complexity index is 590. The van der Waals surface area contributed by atoms with Crippen LogP contribution in [0.3, 0.4) is 0 Å². The van der Waals surface area contributed by atoms with E-state index in [4.69, 9.17) is 15.7 Å². The van der Waals surface area contributed by atoms with E-state index in [1.165, 1.54) is 12.1 Å². The minimum atomic E-state index is -0.592. The lowest BCUT2D eigenvalue weighted by atomic mass is 10.2. The molecule has 2 N–H and O–H groups in total. The molecule has 2 aromatic rings. The Balaban J connectivity index is 2.04. The molecule has 0 saturated heterocycles. The number of anilines is 1. The molecule has 1 heterocycles. The maximum Gasteiger partial charge on any atom is 0.144 e. The number of nitrogens with two attached hydrogens (primary N) is 1. The maximum atomic E-state index is 13.3. The number of nitrogen functional groups attached to an aromatic ring is 1. The molecule has 0 aliphatic heterocycles. The number of benzene rings is 1. The molecule has 0 bridgehead atoms. The van der Waals surface area contributed by atoms with Crippen LogP contribution in [0.4, 0.5) is 10.2 Å². The van der Waals surface area contributed by atoms with Crippen molar-refractivity contribution in [2.45, 2.75) is 6.61 Å². The van der Waals surface area contributed by atoms with Gasteiger partial charge in [-0.05, 0) is 18.2 Å². The predicted octanol–water partition coefficient (Wildman–Crippen LogP) is 2.25. The minimum absolute atomic E-state index is 0.00324. The van der Waals surface area contributed by atoms with E-state index < -0.39 is 5.82 Å². The van der Waals surface area contributed by atoms with Gasteiger partial charge in [0.2, 0.25) is 0 Å². The summed E-state index contributed by atoms with van der Waals surface area (Å²) in [5.41, 5.74) is 6.28. The summed E-state index contributed by atoms with van der Waals surface area (Å²) >= 11 is 0. The van der Waals surface area contributed by atoms with Crippen LogP contribution < -0.4 is 10.5 Å². The van der Waals surface area contributed by atoms with Crippen molar-refractivity contribution in [2.24, 2.45) is 0 Å². The third-order valence-corrected chi connectivity index (χ3v) is 2.31. The van der Waals surface area contributed by atoms with Gasteiger partial charge in [-0.2, -0.15) is 5.26 Å². The molecule has 4 nitrogen and oxygen atoms in total. The molecule has 18 heavy (non-hydrogen) atoms. The first-order valence-corrected chi connectivity index (χ1v) is 5.22. The van der Waals surface area contributed by atoms with Gasteiger partial charge in [-0.25, -0.2) is 9.37 Å². The second-order valence-corrected chi connectivity index (χ2v) is 3.63. The Morgan fingerprint density at radius 3 is 2.78 bits per heavy atom. The molecular weight excluding hydrogens is 233 g/mol.